The summed E-state index contributed by atoms with van der Waals surface area (Å²) in [6, 6.07) is 9.15. The number of urea groups is 1. The van der Waals surface area contributed by atoms with Gasteiger partial charge in [-0.2, -0.15) is 5.10 Å². The van der Waals surface area contributed by atoms with Gasteiger partial charge in [0, 0.05) is 19.0 Å². The van der Waals surface area contributed by atoms with Gasteiger partial charge in [0.05, 0.1) is 23.5 Å². The first kappa shape index (κ1) is 14.6. The van der Waals surface area contributed by atoms with E-state index in [9.17, 15) is 4.79 Å². The van der Waals surface area contributed by atoms with Crippen molar-refractivity contribution in [1.82, 2.24) is 15.1 Å². The Morgan fingerprint density at radius 2 is 2.27 bits per heavy atom. The molecule has 3 rings (SSSR count). The molecule has 2 heterocycles. The number of hydrogen-bond acceptors (Lipinski definition) is 3. The quantitative estimate of drug-likeness (QED) is 0.912. The second-order valence-electron chi connectivity index (χ2n) is 5.41. The first-order valence-corrected chi connectivity index (χ1v) is 7.52. The fraction of sp³-hybridized carbons (Fsp3) is 0.375. The first-order chi connectivity index (χ1) is 10.7. The molecule has 22 heavy (non-hydrogen) atoms. The summed E-state index contributed by atoms with van der Waals surface area (Å²) in [7, 11) is 0. The third-order valence-electron chi connectivity index (χ3n) is 3.78. The van der Waals surface area contributed by atoms with E-state index in [1.54, 1.807) is 10.9 Å². The summed E-state index contributed by atoms with van der Waals surface area (Å²) in [4.78, 5) is 12.2. The van der Waals surface area contributed by atoms with Crippen molar-refractivity contribution in [2.75, 3.05) is 11.9 Å². The van der Waals surface area contributed by atoms with Crippen LogP contribution in [-0.4, -0.2) is 34.6 Å². The number of carbonyl (C=O) groups excluding carboxylic acids is 1. The van der Waals surface area contributed by atoms with Gasteiger partial charge >= 0.3 is 6.03 Å². The van der Waals surface area contributed by atoms with Crippen LogP contribution in [0.25, 0.3) is 5.69 Å². The van der Waals surface area contributed by atoms with Crippen LogP contribution in [0.5, 0.6) is 0 Å². The van der Waals surface area contributed by atoms with E-state index in [1.807, 2.05) is 43.5 Å². The molecule has 6 heteroatoms. The predicted octanol–water partition coefficient (Wildman–Crippen LogP) is 2.56. The van der Waals surface area contributed by atoms with Gasteiger partial charge in [0.1, 0.15) is 0 Å². The highest BCUT2D eigenvalue weighted by Gasteiger charge is 2.23. The number of para-hydroxylation sites is 2. The van der Waals surface area contributed by atoms with Crippen molar-refractivity contribution >= 4 is 11.7 Å². The summed E-state index contributed by atoms with van der Waals surface area (Å²) < 4.78 is 7.31. The molecule has 1 aromatic carbocycles. The van der Waals surface area contributed by atoms with Crippen molar-refractivity contribution in [3.8, 4) is 5.69 Å². The van der Waals surface area contributed by atoms with Crippen LogP contribution in [0.2, 0.25) is 0 Å². The lowest BCUT2D eigenvalue weighted by molar-refractivity contribution is 0.0868. The summed E-state index contributed by atoms with van der Waals surface area (Å²) in [6.45, 7) is 2.75. The van der Waals surface area contributed by atoms with Gasteiger partial charge in [-0.05, 0) is 38.0 Å². The average Bonchev–Trinajstić information content (AvgIpc) is 3.21. The van der Waals surface area contributed by atoms with Gasteiger partial charge in [0.15, 0.2) is 0 Å². The van der Waals surface area contributed by atoms with E-state index in [0.29, 0.717) is 5.69 Å². The van der Waals surface area contributed by atoms with E-state index in [-0.39, 0.29) is 18.2 Å². The third-order valence-corrected chi connectivity index (χ3v) is 3.78. The maximum Gasteiger partial charge on any atom is 0.319 e. The smallest absolute Gasteiger partial charge is 0.319 e. The molecule has 2 aromatic rings. The minimum Gasteiger partial charge on any atom is -0.376 e. The second kappa shape index (κ2) is 6.62. The van der Waals surface area contributed by atoms with Crippen LogP contribution in [0.3, 0.4) is 0 Å². The SMILES string of the molecule is C[C@H](NC(=O)Nc1ccccc1-n1cccn1)[C@H]1CCCO1. The number of amides is 2. The van der Waals surface area contributed by atoms with E-state index in [4.69, 9.17) is 4.74 Å². The minimum atomic E-state index is -0.234. The van der Waals surface area contributed by atoms with E-state index in [2.05, 4.69) is 15.7 Å². The van der Waals surface area contributed by atoms with Crippen LogP contribution in [0.1, 0.15) is 19.8 Å². The number of rotatable bonds is 4. The van der Waals surface area contributed by atoms with Gasteiger partial charge in [-0.15, -0.1) is 0 Å². The molecule has 0 radical (unpaired) electrons. The van der Waals surface area contributed by atoms with Gasteiger partial charge in [-0.25, -0.2) is 9.48 Å². The molecule has 6 nitrogen and oxygen atoms in total. The van der Waals surface area contributed by atoms with Crippen molar-refractivity contribution in [2.24, 2.45) is 0 Å². The van der Waals surface area contributed by atoms with E-state index >= 15 is 0 Å². The maximum atomic E-state index is 12.2. The lowest BCUT2D eigenvalue weighted by Gasteiger charge is -2.20. The highest BCUT2D eigenvalue weighted by atomic mass is 16.5. The van der Waals surface area contributed by atoms with Crippen LogP contribution in [0, 0.1) is 0 Å². The zero-order valence-electron chi connectivity index (χ0n) is 12.5. The molecule has 1 fully saturated rings. The Morgan fingerprint density at radius 1 is 1.41 bits per heavy atom. The summed E-state index contributed by atoms with van der Waals surface area (Å²) >= 11 is 0. The summed E-state index contributed by atoms with van der Waals surface area (Å²) in [5, 5.41) is 10.0. The molecular formula is C16H20N4O2. The van der Waals surface area contributed by atoms with Gasteiger partial charge in [0.2, 0.25) is 0 Å². The van der Waals surface area contributed by atoms with Crippen molar-refractivity contribution in [2.45, 2.75) is 31.9 Å². The molecule has 1 saturated heterocycles. The largest absolute Gasteiger partial charge is 0.376 e. The predicted molar refractivity (Wildman–Crippen MR) is 84.2 cm³/mol. The van der Waals surface area contributed by atoms with Crippen molar-refractivity contribution in [3.05, 3.63) is 42.7 Å². The van der Waals surface area contributed by atoms with Crippen molar-refractivity contribution in [1.29, 1.82) is 0 Å². The number of aromatic nitrogens is 2. The first-order valence-electron chi connectivity index (χ1n) is 7.52. The number of hydrogen-bond donors (Lipinski definition) is 2. The Labute approximate surface area is 129 Å². The molecule has 2 atom stereocenters. The number of anilines is 1. The zero-order chi connectivity index (χ0) is 15.4. The number of nitrogens with one attached hydrogen (secondary N) is 2. The van der Waals surface area contributed by atoms with Crippen molar-refractivity contribution < 1.29 is 9.53 Å². The summed E-state index contributed by atoms with van der Waals surface area (Å²) in [5.74, 6) is 0. The van der Waals surface area contributed by atoms with Crippen LogP contribution in [-0.2, 0) is 4.74 Å². The Hall–Kier alpha value is -2.34. The minimum absolute atomic E-state index is 0.0145. The maximum absolute atomic E-state index is 12.2. The number of ether oxygens (including phenoxy) is 1. The molecule has 0 bridgehead atoms. The normalized spacial score (nSPS) is 18.9. The Kier molecular flexibility index (Phi) is 4.39. The molecule has 0 unspecified atom stereocenters. The highest BCUT2D eigenvalue weighted by molar-refractivity contribution is 5.91. The molecule has 0 spiro atoms. The molecule has 0 aliphatic carbocycles. The fourth-order valence-electron chi connectivity index (χ4n) is 2.65. The summed E-state index contributed by atoms with van der Waals surface area (Å²) in [5.41, 5.74) is 1.54. The van der Waals surface area contributed by atoms with Gasteiger partial charge in [0.25, 0.3) is 0 Å². The standard InChI is InChI=1S/C16H20N4O2/c1-12(15-8-4-11-22-15)18-16(21)19-13-6-2-3-7-14(13)20-10-5-9-17-20/h2-3,5-7,9-10,12,15H,4,8,11H2,1H3,(H2,18,19,21)/t12-,15+/m0/s1. The van der Waals surface area contributed by atoms with Gasteiger partial charge < -0.3 is 15.4 Å². The molecule has 2 N–H and O–H groups in total. The van der Waals surface area contributed by atoms with E-state index in [0.717, 1.165) is 25.1 Å². The van der Waals surface area contributed by atoms with E-state index < -0.39 is 0 Å². The number of benzene rings is 1. The molecule has 116 valence electrons. The van der Waals surface area contributed by atoms with Gasteiger partial charge in [-0.1, -0.05) is 12.1 Å². The highest BCUT2D eigenvalue weighted by Crippen LogP contribution is 2.19. The topological polar surface area (TPSA) is 68.2 Å². The van der Waals surface area contributed by atoms with Crippen LogP contribution in [0.15, 0.2) is 42.7 Å². The fourth-order valence-corrected chi connectivity index (χ4v) is 2.65. The van der Waals surface area contributed by atoms with Crippen LogP contribution >= 0.6 is 0 Å². The summed E-state index contributed by atoms with van der Waals surface area (Å²) in [6.07, 6.45) is 5.70. The van der Waals surface area contributed by atoms with Crippen LogP contribution < -0.4 is 10.6 Å². The molecule has 1 aliphatic rings. The second-order valence-corrected chi connectivity index (χ2v) is 5.41. The van der Waals surface area contributed by atoms with Gasteiger partial charge in [-0.3, -0.25) is 0 Å². The Balaban J connectivity index is 1.66. The lowest BCUT2D eigenvalue weighted by atomic mass is 10.1. The number of nitrogens with zero attached hydrogens (tertiary/aromatic N) is 2. The molecule has 1 aromatic heterocycles. The van der Waals surface area contributed by atoms with Crippen molar-refractivity contribution in [3.63, 3.8) is 0 Å². The molecular weight excluding hydrogens is 280 g/mol. The Morgan fingerprint density at radius 3 is 3.00 bits per heavy atom. The zero-order valence-corrected chi connectivity index (χ0v) is 12.5. The molecule has 1 aliphatic heterocycles. The van der Waals surface area contributed by atoms with E-state index in [1.165, 1.54) is 0 Å². The molecule has 2 amide bonds. The third kappa shape index (κ3) is 3.28. The van der Waals surface area contributed by atoms with Crippen LogP contribution in [0.4, 0.5) is 10.5 Å². The Bertz CT molecular complexity index is 621. The number of carbonyl (C=O) groups is 1. The average molecular weight is 300 g/mol. The monoisotopic (exact) mass is 300 g/mol. The molecule has 0 saturated carbocycles. The lowest BCUT2D eigenvalue weighted by Crippen LogP contribution is -2.43.